The van der Waals surface area contributed by atoms with Gasteiger partial charge in [-0.15, -0.1) is 0 Å². The molecule has 6 nitrogen and oxygen atoms in total. The predicted octanol–water partition coefficient (Wildman–Crippen LogP) is 1.49. The fourth-order valence-electron chi connectivity index (χ4n) is 2.20. The van der Waals surface area contributed by atoms with E-state index < -0.39 is 5.97 Å². The van der Waals surface area contributed by atoms with Crippen molar-refractivity contribution in [1.29, 1.82) is 0 Å². The second kappa shape index (κ2) is 5.97. The van der Waals surface area contributed by atoms with Gasteiger partial charge in [0.05, 0.1) is 17.4 Å². The first-order valence-corrected chi connectivity index (χ1v) is 6.55. The van der Waals surface area contributed by atoms with E-state index in [2.05, 4.69) is 9.97 Å². The molecular weight excluding hydrogens is 246 g/mol. The highest BCUT2D eigenvalue weighted by molar-refractivity contribution is 5.88. The number of aryl methyl sites for hydroxylation is 1. The molecule has 0 saturated carbocycles. The maximum Gasteiger partial charge on any atom is 0.339 e. The number of carboxylic acid groups (broad SMARTS) is 1. The lowest BCUT2D eigenvalue weighted by Crippen LogP contribution is -2.33. The molecule has 6 heteroatoms. The fourth-order valence-corrected chi connectivity index (χ4v) is 2.20. The number of hydrogen-bond donors (Lipinski definition) is 1. The van der Waals surface area contributed by atoms with Gasteiger partial charge in [-0.1, -0.05) is 0 Å². The zero-order valence-electron chi connectivity index (χ0n) is 11.3. The zero-order chi connectivity index (χ0) is 13.8. The van der Waals surface area contributed by atoms with Gasteiger partial charge in [-0.2, -0.15) is 0 Å². The summed E-state index contributed by atoms with van der Waals surface area (Å²) in [4.78, 5) is 21.4. The zero-order valence-corrected chi connectivity index (χ0v) is 11.3. The van der Waals surface area contributed by atoms with Crippen molar-refractivity contribution in [2.45, 2.75) is 32.8 Å². The molecule has 1 atom stereocenters. The first kappa shape index (κ1) is 13.7. The topological polar surface area (TPSA) is 75.5 Å². The summed E-state index contributed by atoms with van der Waals surface area (Å²) in [7, 11) is 0. The van der Waals surface area contributed by atoms with Crippen LogP contribution in [0.4, 0.5) is 5.95 Å². The van der Waals surface area contributed by atoms with Gasteiger partial charge in [-0.25, -0.2) is 14.8 Å². The van der Waals surface area contributed by atoms with E-state index in [1.807, 2.05) is 11.8 Å². The molecule has 0 aliphatic carbocycles. The SMILES string of the molecule is CCN(CC1CCCO1)c1ncc(C(=O)O)c(C)n1. The lowest BCUT2D eigenvalue weighted by atomic mass is 10.2. The van der Waals surface area contributed by atoms with E-state index in [0.717, 1.165) is 32.5 Å². The van der Waals surface area contributed by atoms with Crippen LogP contribution in [0.1, 0.15) is 35.8 Å². The minimum Gasteiger partial charge on any atom is -0.478 e. The number of ether oxygens (including phenoxy) is 1. The van der Waals surface area contributed by atoms with Crippen molar-refractivity contribution < 1.29 is 14.6 Å². The summed E-state index contributed by atoms with van der Waals surface area (Å²) >= 11 is 0. The average Bonchev–Trinajstić information content (AvgIpc) is 2.88. The normalized spacial score (nSPS) is 18.5. The van der Waals surface area contributed by atoms with Crippen molar-refractivity contribution in [2.75, 3.05) is 24.6 Å². The predicted molar refractivity (Wildman–Crippen MR) is 70.6 cm³/mol. The Labute approximate surface area is 112 Å². The van der Waals surface area contributed by atoms with Gasteiger partial charge < -0.3 is 14.7 Å². The van der Waals surface area contributed by atoms with Crippen molar-refractivity contribution in [1.82, 2.24) is 9.97 Å². The van der Waals surface area contributed by atoms with Crippen molar-refractivity contribution in [3.8, 4) is 0 Å². The largest absolute Gasteiger partial charge is 0.478 e. The Morgan fingerprint density at radius 2 is 2.42 bits per heavy atom. The molecule has 0 aromatic carbocycles. The summed E-state index contributed by atoms with van der Waals surface area (Å²) in [6, 6.07) is 0. The van der Waals surface area contributed by atoms with Gasteiger partial charge in [0.1, 0.15) is 0 Å². The van der Waals surface area contributed by atoms with Gasteiger partial charge in [0.25, 0.3) is 0 Å². The van der Waals surface area contributed by atoms with Crippen LogP contribution in [0.3, 0.4) is 0 Å². The number of aromatic carboxylic acids is 1. The smallest absolute Gasteiger partial charge is 0.339 e. The number of aromatic nitrogens is 2. The number of likely N-dealkylation sites (N-methyl/N-ethyl adjacent to an activating group) is 1. The van der Waals surface area contributed by atoms with E-state index in [1.54, 1.807) is 6.92 Å². The van der Waals surface area contributed by atoms with Gasteiger partial charge in [0.2, 0.25) is 5.95 Å². The van der Waals surface area contributed by atoms with Crippen molar-refractivity contribution >= 4 is 11.9 Å². The third kappa shape index (κ3) is 3.20. The van der Waals surface area contributed by atoms with Gasteiger partial charge in [-0.3, -0.25) is 0 Å². The molecule has 0 spiro atoms. The van der Waals surface area contributed by atoms with Crippen molar-refractivity contribution in [3.63, 3.8) is 0 Å². The Morgan fingerprint density at radius 1 is 1.63 bits per heavy atom. The minimum atomic E-state index is -0.994. The van der Waals surface area contributed by atoms with E-state index in [4.69, 9.17) is 9.84 Å². The maximum atomic E-state index is 10.9. The molecule has 1 saturated heterocycles. The van der Waals surface area contributed by atoms with Crippen LogP contribution in [-0.4, -0.2) is 46.8 Å². The van der Waals surface area contributed by atoms with E-state index in [1.165, 1.54) is 6.20 Å². The van der Waals surface area contributed by atoms with E-state index in [-0.39, 0.29) is 11.7 Å². The minimum absolute atomic E-state index is 0.150. The maximum absolute atomic E-state index is 10.9. The summed E-state index contributed by atoms with van der Waals surface area (Å²) in [5.41, 5.74) is 0.639. The third-order valence-electron chi connectivity index (χ3n) is 3.31. The second-order valence-electron chi connectivity index (χ2n) is 4.65. The molecule has 1 aliphatic heterocycles. The van der Waals surface area contributed by atoms with Gasteiger partial charge in [0, 0.05) is 25.9 Å². The Kier molecular flexibility index (Phi) is 4.31. The molecule has 1 aliphatic rings. The number of hydrogen-bond acceptors (Lipinski definition) is 5. The number of carboxylic acids is 1. The van der Waals surface area contributed by atoms with Crippen LogP contribution in [0.2, 0.25) is 0 Å². The first-order valence-electron chi connectivity index (χ1n) is 6.55. The molecule has 1 aromatic heterocycles. The van der Waals surface area contributed by atoms with Crippen LogP contribution in [0, 0.1) is 6.92 Å². The van der Waals surface area contributed by atoms with Gasteiger partial charge >= 0.3 is 5.97 Å². The number of rotatable bonds is 5. The standard InChI is InChI=1S/C13H19N3O3/c1-3-16(8-10-5-4-6-19-10)13-14-7-11(12(17)18)9(2)15-13/h7,10H,3-6,8H2,1-2H3,(H,17,18). The molecule has 1 aromatic rings. The molecule has 19 heavy (non-hydrogen) atoms. The lowest BCUT2D eigenvalue weighted by molar-refractivity contribution is 0.0695. The molecule has 1 unspecified atom stereocenters. The van der Waals surface area contributed by atoms with E-state index in [9.17, 15) is 4.79 Å². The van der Waals surface area contributed by atoms with E-state index in [0.29, 0.717) is 11.6 Å². The molecule has 0 radical (unpaired) electrons. The molecule has 2 heterocycles. The molecule has 2 rings (SSSR count). The Balaban J connectivity index is 2.13. The average molecular weight is 265 g/mol. The summed E-state index contributed by atoms with van der Waals surface area (Å²) in [6.07, 6.45) is 3.75. The summed E-state index contributed by atoms with van der Waals surface area (Å²) in [5.74, 6) is -0.424. The number of nitrogens with zero attached hydrogens (tertiary/aromatic N) is 3. The molecule has 104 valence electrons. The number of carbonyl (C=O) groups is 1. The molecule has 0 bridgehead atoms. The first-order chi connectivity index (χ1) is 9.11. The second-order valence-corrected chi connectivity index (χ2v) is 4.65. The third-order valence-corrected chi connectivity index (χ3v) is 3.31. The Hall–Kier alpha value is -1.69. The Bertz CT molecular complexity index is 458. The summed E-state index contributed by atoms with van der Waals surface area (Å²) < 4.78 is 5.61. The summed E-state index contributed by atoms with van der Waals surface area (Å²) in [5, 5.41) is 8.97. The van der Waals surface area contributed by atoms with Crippen LogP contribution in [0.15, 0.2) is 6.20 Å². The monoisotopic (exact) mass is 265 g/mol. The highest BCUT2D eigenvalue weighted by Crippen LogP contribution is 2.17. The van der Waals surface area contributed by atoms with Crippen LogP contribution in [-0.2, 0) is 4.74 Å². The van der Waals surface area contributed by atoms with Crippen molar-refractivity contribution in [2.24, 2.45) is 0 Å². The van der Waals surface area contributed by atoms with Crippen molar-refractivity contribution in [3.05, 3.63) is 17.5 Å². The van der Waals surface area contributed by atoms with Gasteiger partial charge in [0.15, 0.2) is 0 Å². The number of anilines is 1. The van der Waals surface area contributed by atoms with Crippen LogP contribution in [0.25, 0.3) is 0 Å². The molecular formula is C13H19N3O3. The molecule has 1 fully saturated rings. The Morgan fingerprint density at radius 3 is 2.95 bits per heavy atom. The van der Waals surface area contributed by atoms with E-state index >= 15 is 0 Å². The quantitative estimate of drug-likeness (QED) is 0.869. The lowest BCUT2D eigenvalue weighted by Gasteiger charge is -2.24. The molecule has 1 N–H and O–H groups in total. The highest BCUT2D eigenvalue weighted by Gasteiger charge is 2.20. The molecule has 0 amide bonds. The van der Waals surface area contributed by atoms with Crippen LogP contribution < -0.4 is 4.90 Å². The summed E-state index contributed by atoms with van der Waals surface area (Å²) in [6.45, 7) is 6.06. The fraction of sp³-hybridized carbons (Fsp3) is 0.615. The van der Waals surface area contributed by atoms with Crippen LogP contribution in [0.5, 0.6) is 0 Å². The van der Waals surface area contributed by atoms with Gasteiger partial charge in [-0.05, 0) is 26.7 Å². The highest BCUT2D eigenvalue weighted by atomic mass is 16.5. The van der Waals surface area contributed by atoms with Crippen LogP contribution >= 0.6 is 0 Å².